The van der Waals surface area contributed by atoms with E-state index in [0.29, 0.717) is 10.6 Å². The van der Waals surface area contributed by atoms with E-state index in [1.807, 2.05) is 38.1 Å². The Hall–Kier alpha value is -1.55. The largest absolute Gasteiger partial charge is 0.458 e. The van der Waals surface area contributed by atoms with E-state index in [-0.39, 0.29) is 12.1 Å². The number of nitrogens with two attached hydrogens (primary N) is 1. The van der Waals surface area contributed by atoms with Crippen molar-refractivity contribution in [2.24, 2.45) is 0 Å². The Morgan fingerprint density at radius 2 is 2.06 bits per heavy atom. The van der Waals surface area contributed by atoms with Crippen LogP contribution >= 0.6 is 11.3 Å². The highest BCUT2D eigenvalue weighted by atomic mass is 32.1. The van der Waals surface area contributed by atoms with Crippen LogP contribution < -0.4 is 5.73 Å². The van der Waals surface area contributed by atoms with Gasteiger partial charge in [0.2, 0.25) is 0 Å². The summed E-state index contributed by atoms with van der Waals surface area (Å²) in [5, 5.41) is 0.997. The Balaban J connectivity index is 2.23. The maximum atomic E-state index is 12.0. The molecule has 1 aromatic heterocycles. The lowest BCUT2D eigenvalue weighted by atomic mass is 10.2. The minimum Gasteiger partial charge on any atom is -0.458 e. The van der Waals surface area contributed by atoms with Crippen LogP contribution in [0.5, 0.6) is 0 Å². The van der Waals surface area contributed by atoms with Crippen LogP contribution in [0.4, 0.5) is 5.69 Å². The molecule has 0 aliphatic rings. The zero-order valence-electron chi connectivity index (χ0n) is 10.6. The number of carbonyl (C=O) groups is 1. The number of hydrogen-bond donors (Lipinski definition) is 1. The fraction of sp³-hybridized carbons (Fsp3) is 0.357. The standard InChI is InChI=1S/C14H17NO2S/c1-3-11(4-2)17-14(16)13-8-9-7-10(15)5-6-12(9)18-13/h5-8,11H,3-4,15H2,1-2H3. The number of ether oxygens (including phenoxy) is 1. The molecule has 0 atom stereocenters. The lowest BCUT2D eigenvalue weighted by Gasteiger charge is -2.12. The molecule has 1 aromatic carbocycles. The van der Waals surface area contributed by atoms with Crippen LogP contribution in [-0.2, 0) is 4.74 Å². The van der Waals surface area contributed by atoms with E-state index < -0.39 is 0 Å². The second-order valence-electron chi connectivity index (χ2n) is 4.25. The molecule has 2 N–H and O–H groups in total. The average Bonchev–Trinajstić information content (AvgIpc) is 2.78. The molecule has 96 valence electrons. The highest BCUT2D eigenvalue weighted by Gasteiger charge is 2.15. The summed E-state index contributed by atoms with van der Waals surface area (Å²) in [6.45, 7) is 4.04. The first-order valence-corrected chi connectivity index (χ1v) is 6.95. The first-order valence-electron chi connectivity index (χ1n) is 6.14. The number of anilines is 1. The molecule has 0 fully saturated rings. The molecule has 0 aliphatic carbocycles. The van der Waals surface area contributed by atoms with Crippen molar-refractivity contribution in [2.45, 2.75) is 32.8 Å². The van der Waals surface area contributed by atoms with E-state index in [2.05, 4.69) is 0 Å². The molecule has 0 bridgehead atoms. The zero-order valence-corrected chi connectivity index (χ0v) is 11.4. The van der Waals surface area contributed by atoms with Gasteiger partial charge in [-0.1, -0.05) is 13.8 Å². The van der Waals surface area contributed by atoms with Gasteiger partial charge in [0.05, 0.1) is 0 Å². The molecule has 0 saturated heterocycles. The zero-order chi connectivity index (χ0) is 13.1. The van der Waals surface area contributed by atoms with Gasteiger partial charge in [0.1, 0.15) is 11.0 Å². The van der Waals surface area contributed by atoms with E-state index in [1.54, 1.807) is 0 Å². The van der Waals surface area contributed by atoms with E-state index in [1.165, 1.54) is 11.3 Å². The number of fused-ring (bicyclic) bond motifs is 1. The second-order valence-corrected chi connectivity index (χ2v) is 5.34. The van der Waals surface area contributed by atoms with Gasteiger partial charge in [-0.05, 0) is 42.5 Å². The molecule has 0 amide bonds. The smallest absolute Gasteiger partial charge is 0.348 e. The van der Waals surface area contributed by atoms with E-state index >= 15 is 0 Å². The van der Waals surface area contributed by atoms with Gasteiger partial charge in [-0.2, -0.15) is 0 Å². The molecule has 0 radical (unpaired) electrons. The number of rotatable bonds is 4. The number of carbonyl (C=O) groups excluding carboxylic acids is 1. The van der Waals surface area contributed by atoms with Crippen molar-refractivity contribution in [1.82, 2.24) is 0 Å². The van der Waals surface area contributed by atoms with Crippen LogP contribution in [0.15, 0.2) is 24.3 Å². The Kier molecular flexibility index (Phi) is 3.87. The highest BCUT2D eigenvalue weighted by Crippen LogP contribution is 2.28. The van der Waals surface area contributed by atoms with E-state index in [9.17, 15) is 4.79 Å². The Morgan fingerprint density at radius 1 is 1.33 bits per heavy atom. The first-order chi connectivity index (χ1) is 8.63. The Morgan fingerprint density at radius 3 is 2.72 bits per heavy atom. The number of hydrogen-bond acceptors (Lipinski definition) is 4. The minimum absolute atomic E-state index is 0.00721. The molecule has 3 nitrogen and oxygen atoms in total. The molecule has 4 heteroatoms. The normalized spacial score (nSPS) is 11.1. The van der Waals surface area contributed by atoms with Crippen molar-refractivity contribution in [2.75, 3.05) is 5.73 Å². The van der Waals surface area contributed by atoms with Crippen LogP contribution in [0, 0.1) is 0 Å². The van der Waals surface area contributed by atoms with Gasteiger partial charge in [-0.3, -0.25) is 0 Å². The van der Waals surface area contributed by atoms with Crippen molar-refractivity contribution in [3.8, 4) is 0 Å². The Labute approximate surface area is 111 Å². The monoisotopic (exact) mass is 263 g/mol. The fourth-order valence-corrected chi connectivity index (χ4v) is 2.75. The van der Waals surface area contributed by atoms with E-state index in [0.717, 1.165) is 22.9 Å². The van der Waals surface area contributed by atoms with Crippen molar-refractivity contribution in [3.05, 3.63) is 29.1 Å². The lowest BCUT2D eigenvalue weighted by molar-refractivity contribution is 0.0290. The summed E-state index contributed by atoms with van der Waals surface area (Å²) in [4.78, 5) is 12.6. The summed E-state index contributed by atoms with van der Waals surface area (Å²) in [5.74, 6) is -0.233. The summed E-state index contributed by atoms with van der Waals surface area (Å²) in [7, 11) is 0. The second kappa shape index (κ2) is 5.40. The van der Waals surface area contributed by atoms with Gasteiger partial charge in [0.15, 0.2) is 0 Å². The fourth-order valence-electron chi connectivity index (χ4n) is 1.83. The molecule has 2 rings (SSSR count). The average molecular weight is 263 g/mol. The number of thiophene rings is 1. The molecule has 0 saturated carbocycles. The number of nitrogen functional groups attached to an aromatic ring is 1. The summed E-state index contributed by atoms with van der Waals surface area (Å²) in [6.07, 6.45) is 1.70. The molecule has 18 heavy (non-hydrogen) atoms. The Bertz CT molecular complexity index is 558. The topological polar surface area (TPSA) is 52.3 Å². The maximum absolute atomic E-state index is 12.0. The van der Waals surface area contributed by atoms with Crippen LogP contribution in [-0.4, -0.2) is 12.1 Å². The van der Waals surface area contributed by atoms with Gasteiger partial charge < -0.3 is 10.5 Å². The molecule has 0 unspecified atom stereocenters. The third-order valence-electron chi connectivity index (χ3n) is 2.93. The molecule has 1 heterocycles. The van der Waals surface area contributed by atoms with Gasteiger partial charge in [0.25, 0.3) is 0 Å². The third-order valence-corrected chi connectivity index (χ3v) is 4.02. The quantitative estimate of drug-likeness (QED) is 0.673. The van der Waals surface area contributed by atoms with E-state index in [4.69, 9.17) is 10.5 Å². The van der Waals surface area contributed by atoms with Gasteiger partial charge in [-0.15, -0.1) is 11.3 Å². The van der Waals surface area contributed by atoms with Gasteiger partial charge in [-0.25, -0.2) is 4.79 Å². The van der Waals surface area contributed by atoms with Crippen molar-refractivity contribution in [1.29, 1.82) is 0 Å². The summed E-state index contributed by atoms with van der Waals surface area (Å²) >= 11 is 1.45. The molecule has 0 aliphatic heterocycles. The number of esters is 1. The lowest BCUT2D eigenvalue weighted by Crippen LogP contribution is -2.15. The predicted molar refractivity (Wildman–Crippen MR) is 76.0 cm³/mol. The summed E-state index contributed by atoms with van der Waals surface area (Å²) < 4.78 is 6.49. The van der Waals surface area contributed by atoms with Crippen molar-refractivity contribution < 1.29 is 9.53 Å². The summed E-state index contributed by atoms with van der Waals surface area (Å²) in [5.41, 5.74) is 6.43. The van der Waals surface area contributed by atoms with Crippen molar-refractivity contribution in [3.63, 3.8) is 0 Å². The van der Waals surface area contributed by atoms with Gasteiger partial charge in [0, 0.05) is 10.4 Å². The summed E-state index contributed by atoms with van der Waals surface area (Å²) in [6, 6.07) is 7.50. The van der Waals surface area contributed by atoms with Crippen LogP contribution in [0.2, 0.25) is 0 Å². The van der Waals surface area contributed by atoms with Crippen LogP contribution in [0.1, 0.15) is 36.4 Å². The molecule has 0 spiro atoms. The SMILES string of the molecule is CCC(CC)OC(=O)c1cc2cc(N)ccc2s1. The predicted octanol–water partition coefficient (Wildman–Crippen LogP) is 3.83. The number of benzene rings is 1. The maximum Gasteiger partial charge on any atom is 0.348 e. The van der Waals surface area contributed by atoms with Gasteiger partial charge >= 0.3 is 5.97 Å². The van der Waals surface area contributed by atoms with Crippen LogP contribution in [0.25, 0.3) is 10.1 Å². The molecule has 2 aromatic rings. The third kappa shape index (κ3) is 2.64. The van der Waals surface area contributed by atoms with Crippen molar-refractivity contribution >= 4 is 33.1 Å². The molecular weight excluding hydrogens is 246 g/mol. The molecular formula is C14H17NO2S. The highest BCUT2D eigenvalue weighted by molar-refractivity contribution is 7.20. The van der Waals surface area contributed by atoms with Crippen LogP contribution in [0.3, 0.4) is 0 Å². The minimum atomic E-state index is -0.233. The first kappa shape index (κ1) is 12.9.